The van der Waals surface area contributed by atoms with Gasteiger partial charge in [-0.25, -0.2) is 4.39 Å². The van der Waals surface area contributed by atoms with Crippen molar-refractivity contribution in [2.24, 2.45) is 0 Å². The van der Waals surface area contributed by atoms with Crippen LogP contribution in [0, 0.1) is 5.82 Å². The summed E-state index contributed by atoms with van der Waals surface area (Å²) in [7, 11) is 0. The number of nitrogens with one attached hydrogen (secondary N) is 2. The van der Waals surface area contributed by atoms with E-state index >= 15 is 0 Å². The van der Waals surface area contributed by atoms with Crippen LogP contribution in [0.1, 0.15) is 5.56 Å². The zero-order valence-electron chi connectivity index (χ0n) is 14.4. The number of H-pyrrole nitrogens is 1. The van der Waals surface area contributed by atoms with E-state index in [9.17, 15) is 9.18 Å². The molecular weight excluding hydrogens is 347 g/mol. The van der Waals surface area contributed by atoms with Crippen LogP contribution in [0.4, 0.5) is 4.39 Å². The summed E-state index contributed by atoms with van der Waals surface area (Å²) in [5.41, 5.74) is 2.88. The number of hydrogen-bond donors (Lipinski definition) is 2. The fourth-order valence-corrected chi connectivity index (χ4v) is 2.88. The zero-order chi connectivity index (χ0) is 18.6. The first-order chi connectivity index (χ1) is 13.2. The monoisotopic (exact) mass is 364 g/mol. The van der Waals surface area contributed by atoms with Gasteiger partial charge >= 0.3 is 0 Å². The van der Waals surface area contributed by atoms with E-state index in [-0.39, 0.29) is 18.3 Å². The molecule has 8 heteroatoms. The lowest BCUT2D eigenvalue weighted by Crippen LogP contribution is -2.30. The number of para-hydroxylation sites is 1. The van der Waals surface area contributed by atoms with Crippen molar-refractivity contribution in [3.63, 3.8) is 0 Å². The van der Waals surface area contributed by atoms with Crippen LogP contribution in [0.15, 0.2) is 54.7 Å². The Kier molecular flexibility index (Phi) is 4.61. The number of halogens is 1. The molecule has 136 valence electrons. The van der Waals surface area contributed by atoms with E-state index in [1.165, 1.54) is 16.9 Å². The van der Waals surface area contributed by atoms with Gasteiger partial charge in [0.2, 0.25) is 11.7 Å². The van der Waals surface area contributed by atoms with Crippen molar-refractivity contribution < 1.29 is 9.18 Å². The number of fused-ring (bicyclic) bond motifs is 1. The third-order valence-corrected chi connectivity index (χ3v) is 4.23. The number of aromatic amines is 1. The average Bonchev–Trinajstić information content (AvgIpc) is 3.30. The van der Waals surface area contributed by atoms with Crippen molar-refractivity contribution in [3.05, 3.63) is 66.1 Å². The SMILES string of the molecule is O=C(Cn1nnc(-c2ccc(F)cc2)n1)NCCc1c[nH]c2ccccc12. The Hall–Kier alpha value is -3.55. The fourth-order valence-electron chi connectivity index (χ4n) is 2.88. The molecule has 0 aliphatic carbocycles. The summed E-state index contributed by atoms with van der Waals surface area (Å²) in [5, 5.41) is 15.9. The second kappa shape index (κ2) is 7.36. The second-order valence-electron chi connectivity index (χ2n) is 6.11. The maximum absolute atomic E-state index is 13.0. The first-order valence-corrected chi connectivity index (χ1v) is 8.54. The van der Waals surface area contributed by atoms with Crippen LogP contribution in [-0.2, 0) is 17.8 Å². The van der Waals surface area contributed by atoms with Crippen molar-refractivity contribution >= 4 is 16.8 Å². The van der Waals surface area contributed by atoms with E-state index in [4.69, 9.17) is 0 Å². The zero-order valence-corrected chi connectivity index (χ0v) is 14.4. The van der Waals surface area contributed by atoms with Gasteiger partial charge in [0.05, 0.1) is 0 Å². The molecule has 0 atom stereocenters. The van der Waals surface area contributed by atoms with Gasteiger partial charge in [0.15, 0.2) is 0 Å². The van der Waals surface area contributed by atoms with E-state index < -0.39 is 0 Å². The molecule has 0 saturated carbocycles. The molecule has 0 radical (unpaired) electrons. The van der Waals surface area contributed by atoms with E-state index in [1.807, 2.05) is 24.4 Å². The van der Waals surface area contributed by atoms with E-state index in [0.717, 1.165) is 22.9 Å². The topological polar surface area (TPSA) is 88.5 Å². The smallest absolute Gasteiger partial charge is 0.243 e. The lowest BCUT2D eigenvalue weighted by molar-refractivity contribution is -0.122. The molecule has 0 aliphatic rings. The normalized spacial score (nSPS) is 11.0. The number of hydrogen-bond acceptors (Lipinski definition) is 4. The number of nitrogens with zero attached hydrogens (tertiary/aromatic N) is 4. The molecule has 0 aliphatic heterocycles. The number of benzene rings is 2. The van der Waals surface area contributed by atoms with Gasteiger partial charge in [-0.3, -0.25) is 4.79 Å². The Morgan fingerprint density at radius 2 is 1.96 bits per heavy atom. The molecule has 2 heterocycles. The first-order valence-electron chi connectivity index (χ1n) is 8.54. The first kappa shape index (κ1) is 16.9. The van der Waals surface area contributed by atoms with Gasteiger partial charge in [-0.15, -0.1) is 10.2 Å². The highest BCUT2D eigenvalue weighted by Gasteiger charge is 2.10. The van der Waals surface area contributed by atoms with Crippen molar-refractivity contribution in [3.8, 4) is 11.4 Å². The molecule has 0 spiro atoms. The van der Waals surface area contributed by atoms with Gasteiger partial charge in [0.25, 0.3) is 0 Å². The van der Waals surface area contributed by atoms with Gasteiger partial charge in [-0.2, -0.15) is 4.80 Å². The van der Waals surface area contributed by atoms with Crippen LogP contribution in [0.2, 0.25) is 0 Å². The summed E-state index contributed by atoms with van der Waals surface area (Å²) < 4.78 is 13.0. The minimum atomic E-state index is -0.333. The molecule has 4 aromatic rings. The summed E-state index contributed by atoms with van der Waals surface area (Å²) in [5.74, 6) is -0.180. The van der Waals surface area contributed by atoms with Gasteiger partial charge in [0.1, 0.15) is 12.4 Å². The molecule has 2 aromatic heterocycles. The lowest BCUT2D eigenvalue weighted by atomic mass is 10.1. The van der Waals surface area contributed by atoms with Crippen molar-refractivity contribution in [1.29, 1.82) is 0 Å². The summed E-state index contributed by atoms with van der Waals surface area (Å²) in [6.45, 7) is 0.488. The highest BCUT2D eigenvalue weighted by atomic mass is 19.1. The molecule has 1 amide bonds. The van der Waals surface area contributed by atoms with Crippen molar-refractivity contribution in [2.75, 3.05) is 6.54 Å². The standard InChI is InChI=1S/C19H17FN6O/c20-15-7-5-13(6-8-15)19-23-25-26(24-19)12-18(27)21-10-9-14-11-22-17-4-2-1-3-16(14)17/h1-8,11,22H,9-10,12H2,(H,21,27). The Labute approximate surface area is 154 Å². The predicted molar refractivity (Wildman–Crippen MR) is 98.2 cm³/mol. The molecule has 4 rings (SSSR count). The minimum Gasteiger partial charge on any atom is -0.361 e. The Morgan fingerprint density at radius 1 is 1.15 bits per heavy atom. The summed E-state index contributed by atoms with van der Waals surface area (Å²) in [6, 6.07) is 13.8. The maximum atomic E-state index is 13.0. The number of tetrazole rings is 1. The molecule has 2 aromatic carbocycles. The van der Waals surface area contributed by atoms with Gasteiger partial charge in [-0.1, -0.05) is 18.2 Å². The minimum absolute atomic E-state index is 0.0257. The van der Waals surface area contributed by atoms with Crippen LogP contribution >= 0.6 is 0 Å². The molecule has 0 unspecified atom stereocenters. The summed E-state index contributed by atoms with van der Waals surface area (Å²) >= 11 is 0. The second-order valence-corrected chi connectivity index (χ2v) is 6.11. The summed E-state index contributed by atoms with van der Waals surface area (Å²) in [6.07, 6.45) is 2.69. The quantitative estimate of drug-likeness (QED) is 0.550. The van der Waals surface area contributed by atoms with E-state index in [2.05, 4.69) is 31.8 Å². The highest BCUT2D eigenvalue weighted by Crippen LogP contribution is 2.17. The van der Waals surface area contributed by atoms with Gasteiger partial charge in [0, 0.05) is 29.2 Å². The Morgan fingerprint density at radius 3 is 2.81 bits per heavy atom. The summed E-state index contributed by atoms with van der Waals surface area (Å²) in [4.78, 5) is 16.5. The molecule has 2 N–H and O–H groups in total. The fraction of sp³-hybridized carbons (Fsp3) is 0.158. The molecule has 0 saturated heterocycles. The number of carbonyl (C=O) groups excluding carboxylic acids is 1. The number of carbonyl (C=O) groups is 1. The molecule has 7 nitrogen and oxygen atoms in total. The van der Waals surface area contributed by atoms with Crippen LogP contribution < -0.4 is 5.32 Å². The number of aromatic nitrogens is 5. The largest absolute Gasteiger partial charge is 0.361 e. The predicted octanol–water partition coefficient (Wildman–Crippen LogP) is 2.32. The molecule has 27 heavy (non-hydrogen) atoms. The van der Waals surface area contributed by atoms with Crippen molar-refractivity contribution in [1.82, 2.24) is 30.5 Å². The van der Waals surface area contributed by atoms with Gasteiger partial charge < -0.3 is 10.3 Å². The maximum Gasteiger partial charge on any atom is 0.243 e. The van der Waals surface area contributed by atoms with E-state index in [0.29, 0.717) is 17.9 Å². The highest BCUT2D eigenvalue weighted by molar-refractivity contribution is 5.83. The molecular formula is C19H17FN6O. The van der Waals surface area contributed by atoms with Gasteiger partial charge in [-0.05, 0) is 47.5 Å². The van der Waals surface area contributed by atoms with Crippen molar-refractivity contribution in [2.45, 2.75) is 13.0 Å². The third kappa shape index (κ3) is 3.84. The lowest BCUT2D eigenvalue weighted by Gasteiger charge is -2.04. The van der Waals surface area contributed by atoms with Crippen LogP contribution in [-0.4, -0.2) is 37.6 Å². The van der Waals surface area contributed by atoms with E-state index in [1.54, 1.807) is 12.1 Å². The van der Waals surface area contributed by atoms with Crippen LogP contribution in [0.3, 0.4) is 0 Å². The molecule has 0 bridgehead atoms. The Balaban J connectivity index is 1.31. The third-order valence-electron chi connectivity index (χ3n) is 4.23. The molecule has 0 fully saturated rings. The van der Waals surface area contributed by atoms with Crippen LogP contribution in [0.25, 0.3) is 22.3 Å². The number of rotatable bonds is 6. The van der Waals surface area contributed by atoms with Crippen LogP contribution in [0.5, 0.6) is 0 Å². The Bertz CT molecular complexity index is 1070. The number of amides is 1. The average molecular weight is 364 g/mol.